The Morgan fingerprint density at radius 2 is 1.45 bits per heavy atom. The van der Waals surface area contributed by atoms with E-state index in [0.717, 1.165) is 12.1 Å². The number of benzene rings is 2. The van der Waals surface area contributed by atoms with E-state index in [1.807, 2.05) is 0 Å². The third kappa shape index (κ3) is 5.36. The topological polar surface area (TPSA) is 92.6 Å². The molecule has 0 heterocycles. The van der Waals surface area contributed by atoms with Gasteiger partial charge in [-0.25, -0.2) is 0 Å². The molecule has 1 amide bonds. The van der Waals surface area contributed by atoms with Crippen molar-refractivity contribution in [1.29, 1.82) is 10.5 Å². The van der Waals surface area contributed by atoms with E-state index in [2.05, 4.69) is 10.3 Å². The van der Waals surface area contributed by atoms with Gasteiger partial charge in [0.15, 0.2) is 0 Å². The Balaban J connectivity index is 2.64. The number of halogens is 6. The van der Waals surface area contributed by atoms with Crippen molar-refractivity contribution >= 4 is 17.3 Å². The molecule has 0 atom stereocenters. The molecule has 160 valence electrons. The zero-order chi connectivity index (χ0) is 23.4. The molecule has 0 aliphatic carbocycles. The van der Waals surface area contributed by atoms with Crippen LogP contribution in [0.1, 0.15) is 35.6 Å². The van der Waals surface area contributed by atoms with Gasteiger partial charge in [0.1, 0.15) is 17.8 Å². The summed E-state index contributed by atoms with van der Waals surface area (Å²) in [4.78, 5) is 12.3. The van der Waals surface area contributed by atoms with Gasteiger partial charge in [-0.1, -0.05) is 12.1 Å². The van der Waals surface area contributed by atoms with Crippen LogP contribution in [-0.4, -0.2) is 5.91 Å². The number of hydrogen-bond donors (Lipinski definition) is 0. The summed E-state index contributed by atoms with van der Waals surface area (Å²) in [6, 6.07) is 7.19. The summed E-state index contributed by atoms with van der Waals surface area (Å²) in [6.07, 6.45) is -9.82. The van der Waals surface area contributed by atoms with Crippen LogP contribution >= 0.6 is 0 Å². The Morgan fingerprint density at radius 3 is 1.94 bits per heavy atom. The Kier molecular flexibility index (Phi) is 6.65. The molecule has 6 nitrogen and oxygen atoms in total. The summed E-state index contributed by atoms with van der Waals surface area (Å²) in [5.41, 5.74) is -4.10. The van der Waals surface area contributed by atoms with Crippen LogP contribution in [0, 0.1) is 22.7 Å². The van der Waals surface area contributed by atoms with Gasteiger partial charge in [0.25, 0.3) is 0 Å². The quantitative estimate of drug-likeness (QED) is 0.337. The van der Waals surface area contributed by atoms with Crippen LogP contribution in [0.3, 0.4) is 0 Å². The van der Waals surface area contributed by atoms with Crippen molar-refractivity contribution in [3.8, 4) is 12.1 Å². The van der Waals surface area contributed by atoms with Crippen LogP contribution < -0.4 is 5.01 Å². The fourth-order valence-corrected chi connectivity index (χ4v) is 2.34. The molecular formula is C19H11F6N5O. The zero-order valence-electron chi connectivity index (χ0n) is 15.6. The van der Waals surface area contributed by atoms with Crippen LogP contribution in [0.15, 0.2) is 46.7 Å². The molecule has 0 unspecified atom stereocenters. The molecule has 2 rings (SSSR count). The number of amides is 1. The van der Waals surface area contributed by atoms with Gasteiger partial charge < -0.3 is 0 Å². The fourth-order valence-electron chi connectivity index (χ4n) is 2.34. The summed E-state index contributed by atoms with van der Waals surface area (Å²) >= 11 is 0. The van der Waals surface area contributed by atoms with Crippen LogP contribution in [0.25, 0.3) is 0 Å². The average molecular weight is 439 g/mol. The minimum Gasteiger partial charge on any atom is -0.273 e. The molecule has 0 aliphatic heterocycles. The molecular weight excluding hydrogens is 428 g/mol. The van der Waals surface area contributed by atoms with Gasteiger partial charge in [0.2, 0.25) is 5.91 Å². The maximum atomic E-state index is 13.1. The number of rotatable bonds is 4. The van der Waals surface area contributed by atoms with E-state index < -0.39 is 40.8 Å². The first-order valence-electron chi connectivity index (χ1n) is 8.39. The monoisotopic (exact) mass is 439 g/mol. The first-order valence-corrected chi connectivity index (χ1v) is 8.39. The predicted octanol–water partition coefficient (Wildman–Crippen LogP) is 5.91. The highest BCUT2D eigenvalue weighted by molar-refractivity contribution is 5.93. The summed E-state index contributed by atoms with van der Waals surface area (Å²) in [6.45, 7) is 1.36. The summed E-state index contributed by atoms with van der Waals surface area (Å²) < 4.78 is 78.0. The smallest absolute Gasteiger partial charge is 0.273 e. The van der Waals surface area contributed by atoms with Crippen molar-refractivity contribution in [3.05, 3.63) is 58.7 Å². The molecule has 0 aliphatic rings. The van der Waals surface area contributed by atoms with Crippen LogP contribution in [-0.2, 0) is 17.1 Å². The lowest BCUT2D eigenvalue weighted by molar-refractivity contribution is -0.138. The number of anilines is 1. The standard InChI is InChI=1S/C19H11F6N5O/c1-2-17(31)30(16-8-14(19(23,24)25)6-4-12(16)10-27)29-28-15-7-13(18(20,21)22)5-3-11(15)9-26/h3-8H,2H2,1H3/b29-28+. The van der Waals surface area contributed by atoms with Crippen molar-refractivity contribution in [3.63, 3.8) is 0 Å². The van der Waals surface area contributed by atoms with Crippen LogP contribution in [0.4, 0.5) is 37.7 Å². The normalized spacial score (nSPS) is 11.8. The zero-order valence-corrected chi connectivity index (χ0v) is 15.6. The molecule has 2 aromatic rings. The Bertz CT molecular complexity index is 1110. The maximum Gasteiger partial charge on any atom is 0.416 e. The third-order valence-corrected chi connectivity index (χ3v) is 3.90. The molecule has 12 heteroatoms. The highest BCUT2D eigenvalue weighted by Gasteiger charge is 2.33. The van der Waals surface area contributed by atoms with E-state index in [1.165, 1.54) is 6.92 Å². The SMILES string of the molecule is CCC(=O)N(/N=N/c1cc(C(F)(F)F)ccc1C#N)c1cc(C(F)(F)F)ccc1C#N. The minimum absolute atomic E-state index is 0.270. The van der Waals surface area contributed by atoms with Gasteiger partial charge in [-0.15, -0.1) is 5.11 Å². The molecule has 0 spiro atoms. The predicted molar refractivity (Wildman–Crippen MR) is 94.6 cm³/mol. The van der Waals surface area contributed by atoms with Gasteiger partial charge in [-0.05, 0) is 36.4 Å². The Hall–Kier alpha value is -3.93. The average Bonchev–Trinajstić information content (AvgIpc) is 2.71. The second-order valence-electron chi connectivity index (χ2n) is 5.93. The first kappa shape index (κ1) is 23.3. The van der Waals surface area contributed by atoms with E-state index in [9.17, 15) is 36.4 Å². The number of nitriles is 2. The number of alkyl halides is 6. The highest BCUT2D eigenvalue weighted by Crippen LogP contribution is 2.35. The maximum absolute atomic E-state index is 13.1. The van der Waals surface area contributed by atoms with Gasteiger partial charge in [-0.2, -0.15) is 41.9 Å². The molecule has 0 aromatic heterocycles. The lowest BCUT2D eigenvalue weighted by Gasteiger charge is -2.18. The molecule has 0 radical (unpaired) electrons. The van der Waals surface area contributed by atoms with Crippen molar-refractivity contribution in [2.45, 2.75) is 25.7 Å². The lowest BCUT2D eigenvalue weighted by Crippen LogP contribution is -2.25. The fraction of sp³-hybridized carbons (Fsp3) is 0.211. The molecule has 0 saturated heterocycles. The van der Waals surface area contributed by atoms with Crippen LogP contribution in [0.5, 0.6) is 0 Å². The van der Waals surface area contributed by atoms with E-state index >= 15 is 0 Å². The second kappa shape index (κ2) is 8.83. The molecule has 31 heavy (non-hydrogen) atoms. The number of carbonyl (C=O) groups is 1. The van der Waals surface area contributed by atoms with Crippen molar-refractivity contribution < 1.29 is 31.1 Å². The summed E-state index contributed by atoms with van der Waals surface area (Å²) in [7, 11) is 0. The van der Waals surface area contributed by atoms with Gasteiger partial charge >= 0.3 is 12.4 Å². The second-order valence-corrected chi connectivity index (χ2v) is 5.93. The largest absolute Gasteiger partial charge is 0.416 e. The van der Waals surface area contributed by atoms with Crippen molar-refractivity contribution in [2.24, 2.45) is 10.3 Å². The summed E-state index contributed by atoms with van der Waals surface area (Å²) in [5, 5.41) is 25.6. The van der Waals surface area contributed by atoms with Gasteiger partial charge in [0.05, 0.1) is 27.9 Å². The van der Waals surface area contributed by atoms with Crippen molar-refractivity contribution in [2.75, 3.05) is 5.01 Å². The summed E-state index contributed by atoms with van der Waals surface area (Å²) in [5.74, 6) is -0.884. The molecule has 0 fully saturated rings. The third-order valence-electron chi connectivity index (χ3n) is 3.90. The van der Waals surface area contributed by atoms with E-state index in [0.29, 0.717) is 29.3 Å². The van der Waals surface area contributed by atoms with E-state index in [4.69, 9.17) is 5.26 Å². The number of hydrogen-bond acceptors (Lipinski definition) is 5. The Morgan fingerprint density at radius 1 is 0.935 bits per heavy atom. The molecule has 0 bridgehead atoms. The van der Waals surface area contributed by atoms with Crippen molar-refractivity contribution in [1.82, 2.24) is 0 Å². The molecule has 2 aromatic carbocycles. The highest BCUT2D eigenvalue weighted by atomic mass is 19.4. The molecule has 0 N–H and O–H groups in total. The number of carbonyl (C=O) groups excluding carboxylic acids is 1. The minimum atomic E-state index is -4.80. The van der Waals surface area contributed by atoms with E-state index in [1.54, 1.807) is 12.1 Å². The number of nitrogens with zero attached hydrogens (tertiary/aromatic N) is 5. The lowest BCUT2D eigenvalue weighted by atomic mass is 10.1. The van der Waals surface area contributed by atoms with Gasteiger partial charge in [-0.3, -0.25) is 4.79 Å². The van der Waals surface area contributed by atoms with Gasteiger partial charge in [0, 0.05) is 6.42 Å². The first-order chi connectivity index (χ1) is 14.4. The van der Waals surface area contributed by atoms with Crippen LogP contribution in [0.2, 0.25) is 0 Å². The van der Waals surface area contributed by atoms with E-state index in [-0.39, 0.29) is 17.5 Å². The Labute approximate surface area is 171 Å². The molecule has 0 saturated carbocycles.